The van der Waals surface area contributed by atoms with Crippen LogP contribution in [0, 0.1) is 6.92 Å². The average Bonchev–Trinajstić information content (AvgIpc) is 2.72. The number of rotatable bonds is 6. The fraction of sp³-hybridized carbons (Fsp3) is 0.0455. The van der Waals surface area contributed by atoms with Gasteiger partial charge in [0.15, 0.2) is 0 Å². The molecule has 3 aromatic rings. The van der Waals surface area contributed by atoms with Gasteiger partial charge in [-0.1, -0.05) is 12.1 Å². The molecule has 0 radical (unpaired) electrons. The molecule has 0 amide bonds. The lowest BCUT2D eigenvalue weighted by Gasteiger charge is -2.12. The van der Waals surface area contributed by atoms with E-state index in [0.29, 0.717) is 22.3 Å². The molecule has 0 fully saturated rings. The lowest BCUT2D eigenvalue weighted by Crippen LogP contribution is -2.04. The van der Waals surface area contributed by atoms with E-state index in [4.69, 9.17) is 10.7 Å². The highest BCUT2D eigenvalue weighted by Crippen LogP contribution is 2.32. The van der Waals surface area contributed by atoms with Crippen LogP contribution in [0.3, 0.4) is 0 Å². The highest BCUT2D eigenvalue weighted by molar-refractivity contribution is 5.96. The minimum atomic E-state index is -1.24. The van der Waals surface area contributed by atoms with Gasteiger partial charge in [0.1, 0.15) is 5.75 Å². The van der Waals surface area contributed by atoms with Crippen LogP contribution in [-0.4, -0.2) is 33.2 Å². The van der Waals surface area contributed by atoms with Gasteiger partial charge in [-0.2, -0.15) is 5.90 Å². The normalized spacial score (nSPS) is 10.5. The minimum absolute atomic E-state index is 0.0166. The van der Waals surface area contributed by atoms with Crippen LogP contribution >= 0.6 is 0 Å². The largest absolute Gasteiger partial charge is 0.478 e. The molecular weight excluding hydrogens is 390 g/mol. The van der Waals surface area contributed by atoms with Crippen LogP contribution in [0.2, 0.25) is 0 Å². The third kappa shape index (κ3) is 4.29. The number of aromatic carboxylic acids is 3. The van der Waals surface area contributed by atoms with E-state index in [-0.39, 0.29) is 22.4 Å². The number of carbonyl (C=O) groups is 3. The number of benzene rings is 3. The van der Waals surface area contributed by atoms with Crippen molar-refractivity contribution >= 4 is 17.9 Å². The molecule has 0 spiro atoms. The number of hydrogen-bond acceptors (Lipinski definition) is 5. The van der Waals surface area contributed by atoms with Gasteiger partial charge in [0.2, 0.25) is 0 Å². The maximum atomic E-state index is 11.4. The van der Waals surface area contributed by atoms with Crippen molar-refractivity contribution in [1.29, 1.82) is 0 Å². The molecule has 3 rings (SSSR count). The van der Waals surface area contributed by atoms with E-state index in [1.807, 2.05) is 13.0 Å². The Kier molecular flexibility index (Phi) is 5.52. The summed E-state index contributed by atoms with van der Waals surface area (Å²) in [5.74, 6) is 1.73. The zero-order valence-corrected chi connectivity index (χ0v) is 15.7. The summed E-state index contributed by atoms with van der Waals surface area (Å²) in [6.07, 6.45) is 0. The topological polar surface area (TPSA) is 147 Å². The van der Waals surface area contributed by atoms with Crippen molar-refractivity contribution in [3.8, 4) is 28.0 Å². The van der Waals surface area contributed by atoms with Crippen molar-refractivity contribution in [3.05, 3.63) is 76.9 Å². The quantitative estimate of drug-likeness (QED) is 0.453. The van der Waals surface area contributed by atoms with E-state index in [1.165, 1.54) is 24.3 Å². The molecular formula is C22H17NO7. The number of hydrogen-bond donors (Lipinski definition) is 4. The number of aryl methyl sites for hydroxylation is 1. The molecule has 30 heavy (non-hydrogen) atoms. The monoisotopic (exact) mass is 407 g/mol. The van der Waals surface area contributed by atoms with Gasteiger partial charge < -0.3 is 20.2 Å². The van der Waals surface area contributed by atoms with E-state index in [0.717, 1.165) is 11.6 Å². The smallest absolute Gasteiger partial charge is 0.335 e. The molecule has 8 heteroatoms. The van der Waals surface area contributed by atoms with Crippen LogP contribution in [0.1, 0.15) is 36.6 Å². The Bertz CT molecular complexity index is 1150. The fourth-order valence-electron chi connectivity index (χ4n) is 3.11. The summed E-state index contributed by atoms with van der Waals surface area (Å²) in [6, 6.07) is 13.5. The molecule has 0 atom stereocenters. The average molecular weight is 407 g/mol. The van der Waals surface area contributed by atoms with Gasteiger partial charge in [-0.05, 0) is 77.2 Å². The van der Waals surface area contributed by atoms with Crippen molar-refractivity contribution in [2.45, 2.75) is 6.92 Å². The molecule has 0 aliphatic carbocycles. The van der Waals surface area contributed by atoms with E-state index in [1.54, 1.807) is 18.2 Å². The van der Waals surface area contributed by atoms with Crippen molar-refractivity contribution in [2.75, 3.05) is 0 Å². The van der Waals surface area contributed by atoms with Gasteiger partial charge in [-0.3, -0.25) is 0 Å². The second kappa shape index (κ2) is 8.06. The minimum Gasteiger partial charge on any atom is -0.478 e. The lowest BCUT2D eigenvalue weighted by molar-refractivity contribution is 0.0682. The third-order valence-corrected chi connectivity index (χ3v) is 4.46. The zero-order chi connectivity index (χ0) is 22.0. The van der Waals surface area contributed by atoms with Crippen molar-refractivity contribution in [2.24, 2.45) is 5.90 Å². The standard InChI is InChI=1S/C22H17NO7/c1-11-2-12(14-5-16(20(24)25)8-17(6-14)21(26)27)4-13(3-11)15-7-18(22(28)29)10-19(9-15)30-23/h2-10H,23H2,1H3,(H,24,25)(H,26,27)(H,28,29). The molecule has 0 aliphatic rings. The van der Waals surface area contributed by atoms with Crippen LogP contribution in [-0.2, 0) is 0 Å². The first kappa shape index (κ1) is 20.6. The number of carboxylic acid groups (broad SMARTS) is 3. The molecule has 3 aromatic carbocycles. The van der Waals surface area contributed by atoms with E-state index in [9.17, 15) is 29.7 Å². The molecule has 0 unspecified atom stereocenters. The first-order chi connectivity index (χ1) is 14.2. The van der Waals surface area contributed by atoms with Gasteiger partial charge in [0, 0.05) is 0 Å². The Labute approximate surface area is 170 Å². The second-order valence-electron chi connectivity index (χ2n) is 6.67. The van der Waals surface area contributed by atoms with Crippen molar-refractivity contribution in [3.63, 3.8) is 0 Å². The molecule has 0 aromatic heterocycles. The van der Waals surface area contributed by atoms with Crippen LogP contribution in [0.4, 0.5) is 0 Å². The molecule has 5 N–H and O–H groups in total. The summed E-state index contributed by atoms with van der Waals surface area (Å²) in [5, 5.41) is 28.0. The molecule has 152 valence electrons. The first-order valence-corrected chi connectivity index (χ1v) is 8.67. The summed E-state index contributed by atoms with van der Waals surface area (Å²) in [4.78, 5) is 38.9. The van der Waals surface area contributed by atoms with Crippen molar-refractivity contribution < 1.29 is 34.5 Å². The maximum absolute atomic E-state index is 11.4. The van der Waals surface area contributed by atoms with E-state index in [2.05, 4.69) is 0 Å². The predicted molar refractivity (Wildman–Crippen MR) is 108 cm³/mol. The second-order valence-corrected chi connectivity index (χ2v) is 6.67. The molecule has 0 bridgehead atoms. The summed E-state index contributed by atoms with van der Waals surface area (Å²) >= 11 is 0. The summed E-state index contributed by atoms with van der Waals surface area (Å²) in [7, 11) is 0. The molecule has 0 saturated carbocycles. The summed E-state index contributed by atoms with van der Waals surface area (Å²) in [5.41, 5.74) is 2.61. The van der Waals surface area contributed by atoms with E-state index >= 15 is 0 Å². The van der Waals surface area contributed by atoms with Gasteiger partial charge in [-0.15, -0.1) is 0 Å². The van der Waals surface area contributed by atoms with Crippen molar-refractivity contribution in [1.82, 2.24) is 0 Å². The van der Waals surface area contributed by atoms with E-state index < -0.39 is 17.9 Å². The Morgan fingerprint density at radius 3 is 1.47 bits per heavy atom. The Morgan fingerprint density at radius 2 is 1.03 bits per heavy atom. The predicted octanol–water partition coefficient (Wildman–Crippen LogP) is 3.68. The van der Waals surface area contributed by atoms with Gasteiger partial charge in [0.05, 0.1) is 16.7 Å². The zero-order valence-electron chi connectivity index (χ0n) is 15.7. The molecule has 0 saturated heterocycles. The summed E-state index contributed by atoms with van der Waals surface area (Å²) < 4.78 is 0. The first-order valence-electron chi connectivity index (χ1n) is 8.67. The SMILES string of the molecule is Cc1cc(-c2cc(ON)cc(C(=O)O)c2)cc(-c2cc(C(=O)O)cc(C(=O)O)c2)c1. The van der Waals surface area contributed by atoms with Gasteiger partial charge in [0.25, 0.3) is 0 Å². The third-order valence-electron chi connectivity index (χ3n) is 4.46. The van der Waals surface area contributed by atoms with Crippen LogP contribution in [0.5, 0.6) is 5.75 Å². The number of nitrogens with two attached hydrogens (primary N) is 1. The molecule has 0 aliphatic heterocycles. The Balaban J connectivity index is 2.20. The lowest BCUT2D eigenvalue weighted by atomic mass is 9.93. The number of carboxylic acids is 3. The van der Waals surface area contributed by atoms with Crippen LogP contribution < -0.4 is 10.7 Å². The maximum Gasteiger partial charge on any atom is 0.335 e. The van der Waals surface area contributed by atoms with Gasteiger partial charge >= 0.3 is 17.9 Å². The summed E-state index contributed by atoms with van der Waals surface area (Å²) in [6.45, 7) is 1.81. The van der Waals surface area contributed by atoms with Crippen LogP contribution in [0.25, 0.3) is 22.3 Å². The Hall–Kier alpha value is -4.17. The Morgan fingerprint density at radius 1 is 0.633 bits per heavy atom. The highest BCUT2D eigenvalue weighted by Gasteiger charge is 2.15. The van der Waals surface area contributed by atoms with Crippen LogP contribution in [0.15, 0.2) is 54.6 Å². The highest BCUT2D eigenvalue weighted by atomic mass is 16.6. The fourth-order valence-corrected chi connectivity index (χ4v) is 3.11. The molecule has 0 heterocycles. The molecule has 8 nitrogen and oxygen atoms in total. The van der Waals surface area contributed by atoms with Gasteiger partial charge in [-0.25, -0.2) is 14.4 Å².